The van der Waals surface area contributed by atoms with Crippen LogP contribution in [-0.4, -0.2) is 42.1 Å². The molecular formula is C16H18N4O4S. The quantitative estimate of drug-likeness (QED) is 0.663. The van der Waals surface area contributed by atoms with Gasteiger partial charge in [-0.05, 0) is 19.9 Å². The number of nitrogens with one attached hydrogen (secondary N) is 1. The summed E-state index contributed by atoms with van der Waals surface area (Å²) < 4.78 is 5.34. The predicted molar refractivity (Wildman–Crippen MR) is 95.7 cm³/mol. The number of hydrogen-bond donors (Lipinski definition) is 1. The molecule has 0 aliphatic carbocycles. The summed E-state index contributed by atoms with van der Waals surface area (Å²) in [4.78, 5) is 30.7. The lowest BCUT2D eigenvalue weighted by molar-refractivity contribution is -0.384. The lowest BCUT2D eigenvalue weighted by Gasteiger charge is -2.30. The summed E-state index contributed by atoms with van der Waals surface area (Å²) in [6.45, 7) is 6.18. The predicted octanol–water partition coefficient (Wildman–Crippen LogP) is 2.76. The van der Waals surface area contributed by atoms with E-state index in [1.165, 1.54) is 23.5 Å². The first-order chi connectivity index (χ1) is 12.0. The molecule has 1 aromatic heterocycles. The molecule has 0 unspecified atom stereocenters. The largest absolute Gasteiger partial charge is 0.378 e. The lowest BCUT2D eigenvalue weighted by atomic mass is 10.1. The molecule has 8 nitrogen and oxygen atoms in total. The van der Waals surface area contributed by atoms with Crippen molar-refractivity contribution in [2.45, 2.75) is 13.8 Å². The number of thiazole rings is 1. The van der Waals surface area contributed by atoms with Crippen molar-refractivity contribution in [3.05, 3.63) is 44.4 Å². The highest BCUT2D eigenvalue weighted by molar-refractivity contribution is 7.15. The molecule has 1 aliphatic rings. The first-order valence-corrected chi connectivity index (χ1v) is 8.64. The Balaban J connectivity index is 1.94. The topological polar surface area (TPSA) is 97.6 Å². The molecule has 0 spiro atoms. The van der Waals surface area contributed by atoms with E-state index in [0.29, 0.717) is 37.1 Å². The SMILES string of the molecule is Cc1nc(NC(=O)c2cc([N+](=O)[O-])ccc2N2CCOCC2)sc1C. The maximum atomic E-state index is 12.7. The van der Waals surface area contributed by atoms with E-state index in [9.17, 15) is 14.9 Å². The Kier molecular flexibility index (Phi) is 4.95. The summed E-state index contributed by atoms with van der Waals surface area (Å²) >= 11 is 1.38. The zero-order valence-electron chi connectivity index (χ0n) is 13.9. The fraction of sp³-hybridized carbons (Fsp3) is 0.375. The Hall–Kier alpha value is -2.52. The highest BCUT2D eigenvalue weighted by atomic mass is 32.1. The lowest BCUT2D eigenvalue weighted by Crippen LogP contribution is -2.37. The van der Waals surface area contributed by atoms with Crippen molar-refractivity contribution in [2.24, 2.45) is 0 Å². The van der Waals surface area contributed by atoms with Gasteiger partial charge in [-0.3, -0.25) is 20.2 Å². The fourth-order valence-electron chi connectivity index (χ4n) is 2.59. The zero-order valence-corrected chi connectivity index (χ0v) is 14.8. The third-order valence-electron chi connectivity index (χ3n) is 4.04. The van der Waals surface area contributed by atoms with Crippen molar-refractivity contribution < 1.29 is 14.5 Å². The van der Waals surface area contributed by atoms with Crippen LogP contribution in [0.5, 0.6) is 0 Å². The van der Waals surface area contributed by atoms with Gasteiger partial charge in [0, 0.05) is 30.1 Å². The zero-order chi connectivity index (χ0) is 18.0. The van der Waals surface area contributed by atoms with Crippen LogP contribution < -0.4 is 10.2 Å². The summed E-state index contributed by atoms with van der Waals surface area (Å²) in [6, 6.07) is 4.35. The first-order valence-electron chi connectivity index (χ1n) is 7.82. The molecule has 1 aliphatic heterocycles. The van der Waals surface area contributed by atoms with E-state index in [0.717, 1.165) is 10.6 Å². The fourth-order valence-corrected chi connectivity index (χ4v) is 3.40. The number of benzene rings is 1. The van der Waals surface area contributed by atoms with Crippen LogP contribution in [-0.2, 0) is 4.74 Å². The Morgan fingerprint density at radius 3 is 2.68 bits per heavy atom. The van der Waals surface area contributed by atoms with Gasteiger partial charge < -0.3 is 9.64 Å². The highest BCUT2D eigenvalue weighted by Gasteiger charge is 2.22. The maximum Gasteiger partial charge on any atom is 0.270 e. The molecule has 0 atom stereocenters. The monoisotopic (exact) mass is 362 g/mol. The van der Waals surface area contributed by atoms with E-state index in [4.69, 9.17) is 4.74 Å². The van der Waals surface area contributed by atoms with Crippen LogP contribution in [0.1, 0.15) is 20.9 Å². The minimum absolute atomic E-state index is 0.117. The molecule has 2 heterocycles. The van der Waals surface area contributed by atoms with Gasteiger partial charge in [0.2, 0.25) is 0 Å². The smallest absolute Gasteiger partial charge is 0.270 e. The average molecular weight is 362 g/mol. The van der Waals surface area contributed by atoms with Gasteiger partial charge in [-0.15, -0.1) is 11.3 Å². The molecule has 0 saturated carbocycles. The maximum absolute atomic E-state index is 12.7. The van der Waals surface area contributed by atoms with Gasteiger partial charge in [0.05, 0.1) is 35.1 Å². The standard InChI is InChI=1S/C16H18N4O4S/c1-10-11(2)25-16(17-10)18-15(21)13-9-12(20(22)23)3-4-14(13)19-5-7-24-8-6-19/h3-4,9H,5-8H2,1-2H3,(H,17,18,21). The number of nitro benzene ring substituents is 1. The van der Waals surface area contributed by atoms with Crippen LogP contribution in [0.4, 0.5) is 16.5 Å². The van der Waals surface area contributed by atoms with Crippen molar-refractivity contribution in [1.82, 2.24) is 4.98 Å². The summed E-state index contributed by atoms with van der Waals surface area (Å²) in [5, 5.41) is 14.3. The number of carbonyl (C=O) groups excluding carboxylic acids is 1. The van der Waals surface area contributed by atoms with E-state index in [1.54, 1.807) is 6.07 Å². The van der Waals surface area contributed by atoms with Crippen LogP contribution in [0, 0.1) is 24.0 Å². The number of ether oxygens (including phenoxy) is 1. The van der Waals surface area contributed by atoms with Gasteiger partial charge >= 0.3 is 0 Å². The molecule has 0 radical (unpaired) electrons. The molecule has 0 bridgehead atoms. The van der Waals surface area contributed by atoms with Crippen LogP contribution >= 0.6 is 11.3 Å². The van der Waals surface area contributed by atoms with Crippen molar-refractivity contribution in [2.75, 3.05) is 36.5 Å². The van der Waals surface area contributed by atoms with Gasteiger partial charge in [-0.1, -0.05) is 0 Å². The number of amides is 1. The number of aromatic nitrogens is 1. The molecule has 25 heavy (non-hydrogen) atoms. The molecule has 1 saturated heterocycles. The molecule has 9 heteroatoms. The van der Waals surface area contributed by atoms with Crippen LogP contribution in [0.25, 0.3) is 0 Å². The van der Waals surface area contributed by atoms with E-state index in [2.05, 4.69) is 10.3 Å². The third-order valence-corrected chi connectivity index (χ3v) is 5.02. The van der Waals surface area contributed by atoms with Gasteiger partial charge in [0.15, 0.2) is 5.13 Å². The summed E-state index contributed by atoms with van der Waals surface area (Å²) in [7, 11) is 0. The van der Waals surface area contributed by atoms with E-state index >= 15 is 0 Å². The number of anilines is 2. The van der Waals surface area contributed by atoms with E-state index in [1.807, 2.05) is 18.7 Å². The van der Waals surface area contributed by atoms with E-state index < -0.39 is 10.8 Å². The number of aryl methyl sites for hydroxylation is 2. The molecule has 1 N–H and O–H groups in total. The second-order valence-electron chi connectivity index (χ2n) is 5.67. The van der Waals surface area contributed by atoms with Gasteiger partial charge in [-0.2, -0.15) is 0 Å². The minimum Gasteiger partial charge on any atom is -0.378 e. The number of nitrogens with zero attached hydrogens (tertiary/aromatic N) is 3. The molecule has 2 aromatic rings. The second kappa shape index (κ2) is 7.16. The van der Waals surface area contributed by atoms with Crippen LogP contribution in [0.15, 0.2) is 18.2 Å². The second-order valence-corrected chi connectivity index (χ2v) is 6.88. The Morgan fingerprint density at radius 1 is 1.36 bits per heavy atom. The number of nitro groups is 1. The Labute approximate surface area is 148 Å². The van der Waals surface area contributed by atoms with Gasteiger partial charge in [-0.25, -0.2) is 4.98 Å². The summed E-state index contributed by atoms with van der Waals surface area (Å²) in [5.41, 5.74) is 1.67. The summed E-state index contributed by atoms with van der Waals surface area (Å²) in [6.07, 6.45) is 0. The first kappa shape index (κ1) is 17.3. The molecule has 132 valence electrons. The highest BCUT2D eigenvalue weighted by Crippen LogP contribution is 2.28. The van der Waals surface area contributed by atoms with Crippen molar-refractivity contribution in [3.8, 4) is 0 Å². The van der Waals surface area contributed by atoms with Crippen LogP contribution in [0.2, 0.25) is 0 Å². The van der Waals surface area contributed by atoms with Crippen molar-refractivity contribution in [1.29, 1.82) is 0 Å². The Bertz CT molecular complexity index is 795. The van der Waals surface area contributed by atoms with Gasteiger partial charge in [0.1, 0.15) is 0 Å². The number of non-ortho nitro benzene ring substituents is 1. The van der Waals surface area contributed by atoms with E-state index in [-0.39, 0.29) is 11.3 Å². The van der Waals surface area contributed by atoms with Crippen molar-refractivity contribution in [3.63, 3.8) is 0 Å². The summed E-state index contributed by atoms with van der Waals surface area (Å²) in [5.74, 6) is -0.404. The van der Waals surface area contributed by atoms with Crippen LogP contribution in [0.3, 0.4) is 0 Å². The molecular weight excluding hydrogens is 344 g/mol. The number of hydrogen-bond acceptors (Lipinski definition) is 7. The minimum atomic E-state index is -0.502. The molecule has 1 amide bonds. The molecule has 1 fully saturated rings. The van der Waals surface area contributed by atoms with Crippen molar-refractivity contribution >= 4 is 33.8 Å². The molecule has 1 aromatic carbocycles. The average Bonchev–Trinajstić information content (AvgIpc) is 2.92. The number of morpholine rings is 1. The van der Waals surface area contributed by atoms with Gasteiger partial charge in [0.25, 0.3) is 11.6 Å². The third kappa shape index (κ3) is 3.77. The Morgan fingerprint density at radius 2 is 2.08 bits per heavy atom. The molecule has 3 rings (SSSR count). The number of carbonyl (C=O) groups is 1. The number of rotatable bonds is 4. The normalized spacial score (nSPS) is 14.4.